The van der Waals surface area contributed by atoms with Crippen LogP contribution in [0.3, 0.4) is 0 Å². The fourth-order valence-corrected chi connectivity index (χ4v) is 8.99. The van der Waals surface area contributed by atoms with Gasteiger partial charge < -0.3 is 0 Å². The van der Waals surface area contributed by atoms with Crippen molar-refractivity contribution in [1.82, 2.24) is 9.97 Å². The van der Waals surface area contributed by atoms with Gasteiger partial charge in [-0.05, 0) is 56.4 Å². The Hall–Kier alpha value is -6.36. The lowest BCUT2D eigenvalue weighted by atomic mass is 9.89. The standard InChI is InChI=1S/C46H27N3S/c1-2-11-33-27-34(24-21-28(33)9-1)29-19-22-32(23-20-29)42-45-43(38-15-5-6-18-40(38)50-45)48-46(47-42)49-39-17-8-13-31-12-7-16-36(41(31)39)37-26-25-30-10-3-4-14-35(30)44(37)49/h1-27H. The van der Waals surface area contributed by atoms with Crippen molar-refractivity contribution in [3.63, 3.8) is 0 Å². The van der Waals surface area contributed by atoms with Gasteiger partial charge in [0.1, 0.15) is 0 Å². The van der Waals surface area contributed by atoms with Gasteiger partial charge in [0, 0.05) is 32.0 Å². The molecule has 0 atom stereocenters. The van der Waals surface area contributed by atoms with Crippen LogP contribution in [0.2, 0.25) is 0 Å². The lowest BCUT2D eigenvalue weighted by molar-refractivity contribution is 1.12. The molecule has 50 heavy (non-hydrogen) atoms. The molecule has 0 aliphatic carbocycles. The molecule has 0 N–H and O–H groups in total. The highest BCUT2D eigenvalue weighted by Gasteiger charge is 2.30. The first-order valence-electron chi connectivity index (χ1n) is 16.9. The van der Waals surface area contributed by atoms with Gasteiger partial charge in [0.2, 0.25) is 5.95 Å². The van der Waals surface area contributed by atoms with Crippen molar-refractivity contribution in [3.05, 3.63) is 164 Å². The minimum Gasteiger partial charge on any atom is -0.277 e. The first-order chi connectivity index (χ1) is 24.8. The Balaban J connectivity index is 1.17. The zero-order chi connectivity index (χ0) is 32.8. The van der Waals surface area contributed by atoms with Crippen LogP contribution in [0.25, 0.3) is 86.1 Å². The van der Waals surface area contributed by atoms with E-state index in [0.29, 0.717) is 5.95 Å². The van der Waals surface area contributed by atoms with Gasteiger partial charge in [-0.1, -0.05) is 146 Å². The number of thiophene rings is 1. The first-order valence-corrected chi connectivity index (χ1v) is 17.7. The Labute approximate surface area is 292 Å². The van der Waals surface area contributed by atoms with Gasteiger partial charge in [-0.25, -0.2) is 9.97 Å². The molecule has 10 aromatic rings. The number of hydrogen-bond donors (Lipinski definition) is 0. The summed E-state index contributed by atoms with van der Waals surface area (Å²) in [4.78, 5) is 13.3. The Morgan fingerprint density at radius 3 is 2.02 bits per heavy atom. The second-order valence-electron chi connectivity index (χ2n) is 13.0. The van der Waals surface area contributed by atoms with Gasteiger partial charge in [-0.15, -0.1) is 11.3 Å². The van der Waals surface area contributed by atoms with Crippen LogP contribution in [-0.4, -0.2) is 9.97 Å². The van der Waals surface area contributed by atoms with E-state index >= 15 is 0 Å². The Morgan fingerprint density at radius 2 is 1.14 bits per heavy atom. The lowest BCUT2D eigenvalue weighted by Crippen LogP contribution is -2.18. The molecule has 0 saturated carbocycles. The SMILES string of the molecule is c1ccc2cc(-c3ccc(-c4nc(N5c6c(ccc7ccccc67)-c6cccc7cccc5c67)nc5c4sc4ccccc45)cc3)ccc2c1. The van der Waals surface area contributed by atoms with E-state index in [4.69, 9.17) is 9.97 Å². The number of nitrogens with zero attached hydrogens (tertiary/aromatic N) is 3. The van der Waals surface area contributed by atoms with E-state index in [0.717, 1.165) is 38.2 Å². The molecule has 0 bridgehead atoms. The molecule has 232 valence electrons. The van der Waals surface area contributed by atoms with Crippen LogP contribution in [0, 0.1) is 0 Å². The molecule has 0 saturated heterocycles. The van der Waals surface area contributed by atoms with Crippen LogP contribution >= 0.6 is 11.3 Å². The summed E-state index contributed by atoms with van der Waals surface area (Å²) in [7, 11) is 0. The van der Waals surface area contributed by atoms with Crippen molar-refractivity contribution in [3.8, 4) is 33.5 Å². The number of rotatable bonds is 3. The second-order valence-corrected chi connectivity index (χ2v) is 14.0. The Morgan fingerprint density at radius 1 is 0.460 bits per heavy atom. The highest BCUT2D eigenvalue weighted by Crippen LogP contribution is 2.53. The summed E-state index contributed by atoms with van der Waals surface area (Å²) in [6, 6.07) is 59.0. The van der Waals surface area contributed by atoms with Crippen LogP contribution in [0.5, 0.6) is 0 Å². The van der Waals surface area contributed by atoms with Gasteiger partial charge in [0.25, 0.3) is 0 Å². The van der Waals surface area contributed by atoms with Crippen LogP contribution < -0.4 is 4.90 Å². The van der Waals surface area contributed by atoms with Crippen molar-refractivity contribution in [2.45, 2.75) is 0 Å². The molecule has 8 aromatic carbocycles. The maximum absolute atomic E-state index is 5.52. The molecule has 0 unspecified atom stereocenters. The number of anilines is 3. The molecule has 1 aliphatic heterocycles. The van der Waals surface area contributed by atoms with E-state index in [-0.39, 0.29) is 0 Å². The summed E-state index contributed by atoms with van der Waals surface area (Å²) >= 11 is 1.77. The van der Waals surface area contributed by atoms with Crippen molar-refractivity contribution < 1.29 is 0 Å². The fourth-order valence-electron chi connectivity index (χ4n) is 7.84. The molecule has 3 heterocycles. The van der Waals surface area contributed by atoms with Gasteiger partial charge in [-0.2, -0.15) is 0 Å². The van der Waals surface area contributed by atoms with Gasteiger partial charge in [0.05, 0.1) is 27.3 Å². The van der Waals surface area contributed by atoms with Gasteiger partial charge >= 0.3 is 0 Å². The third kappa shape index (κ3) is 4.03. The molecule has 1 aliphatic rings. The maximum atomic E-state index is 5.52. The van der Waals surface area contributed by atoms with E-state index in [9.17, 15) is 0 Å². The van der Waals surface area contributed by atoms with Crippen molar-refractivity contribution in [1.29, 1.82) is 0 Å². The maximum Gasteiger partial charge on any atom is 0.235 e. The molecule has 11 rings (SSSR count). The topological polar surface area (TPSA) is 29.0 Å². The largest absolute Gasteiger partial charge is 0.277 e. The molecule has 2 aromatic heterocycles. The molecule has 0 radical (unpaired) electrons. The van der Waals surface area contributed by atoms with E-state index in [1.165, 1.54) is 59.3 Å². The summed E-state index contributed by atoms with van der Waals surface area (Å²) in [6.07, 6.45) is 0. The number of aromatic nitrogens is 2. The van der Waals surface area contributed by atoms with E-state index in [1.807, 2.05) is 0 Å². The van der Waals surface area contributed by atoms with Crippen LogP contribution in [-0.2, 0) is 0 Å². The van der Waals surface area contributed by atoms with E-state index < -0.39 is 0 Å². The van der Waals surface area contributed by atoms with Crippen molar-refractivity contribution >= 4 is 81.3 Å². The van der Waals surface area contributed by atoms with Crippen molar-refractivity contribution in [2.24, 2.45) is 0 Å². The van der Waals surface area contributed by atoms with E-state index in [1.54, 1.807) is 11.3 Å². The van der Waals surface area contributed by atoms with Crippen molar-refractivity contribution in [2.75, 3.05) is 4.90 Å². The summed E-state index contributed by atoms with van der Waals surface area (Å²) < 4.78 is 2.31. The van der Waals surface area contributed by atoms with Crippen LogP contribution in [0.15, 0.2) is 164 Å². The molecular weight excluding hydrogens is 627 g/mol. The average Bonchev–Trinajstić information content (AvgIpc) is 3.56. The number of hydrogen-bond acceptors (Lipinski definition) is 4. The van der Waals surface area contributed by atoms with Crippen LogP contribution in [0.1, 0.15) is 0 Å². The summed E-state index contributed by atoms with van der Waals surface area (Å²) in [5, 5.41) is 8.43. The quantitative estimate of drug-likeness (QED) is 0.190. The fraction of sp³-hybridized carbons (Fsp3) is 0. The Kier molecular flexibility index (Phi) is 5.83. The predicted octanol–water partition coefficient (Wildman–Crippen LogP) is 13.1. The number of fused-ring (bicyclic) bond motifs is 8. The van der Waals surface area contributed by atoms with E-state index in [2.05, 4.69) is 169 Å². The minimum atomic E-state index is 0.675. The average molecular weight is 654 g/mol. The summed E-state index contributed by atoms with van der Waals surface area (Å²) in [5.41, 5.74) is 10.0. The normalized spacial score (nSPS) is 12.4. The zero-order valence-electron chi connectivity index (χ0n) is 26.8. The lowest BCUT2D eigenvalue weighted by Gasteiger charge is -2.33. The third-order valence-electron chi connectivity index (χ3n) is 10.2. The third-order valence-corrected chi connectivity index (χ3v) is 11.4. The predicted molar refractivity (Wildman–Crippen MR) is 212 cm³/mol. The van der Waals surface area contributed by atoms with Gasteiger partial charge in [0.15, 0.2) is 0 Å². The molecule has 0 fully saturated rings. The highest BCUT2D eigenvalue weighted by molar-refractivity contribution is 7.26. The minimum absolute atomic E-state index is 0.675. The Bertz CT molecular complexity index is 2990. The summed E-state index contributed by atoms with van der Waals surface area (Å²) in [6.45, 7) is 0. The zero-order valence-corrected chi connectivity index (χ0v) is 27.7. The molecular formula is C46H27N3S. The molecule has 4 heteroatoms. The highest BCUT2D eigenvalue weighted by atomic mass is 32.1. The van der Waals surface area contributed by atoms with Gasteiger partial charge in [-0.3, -0.25) is 4.90 Å². The second kappa shape index (κ2) is 10.6. The molecule has 0 amide bonds. The number of benzene rings is 8. The monoisotopic (exact) mass is 653 g/mol. The van der Waals surface area contributed by atoms with Crippen LogP contribution in [0.4, 0.5) is 17.3 Å². The smallest absolute Gasteiger partial charge is 0.235 e. The first kappa shape index (κ1) is 27.6. The molecule has 0 spiro atoms. The molecule has 3 nitrogen and oxygen atoms in total. The summed E-state index contributed by atoms with van der Waals surface area (Å²) in [5.74, 6) is 0.675.